The molecule has 0 saturated heterocycles. The maximum absolute atomic E-state index is 13.0. The minimum absolute atomic E-state index is 0.283. The van der Waals surface area contributed by atoms with Crippen LogP contribution in [-0.2, 0) is 0 Å². The molecule has 0 aliphatic rings. The monoisotopic (exact) mass is 404 g/mol. The first-order valence-corrected chi connectivity index (χ1v) is 9.62. The molecule has 0 fully saturated rings. The number of nitrogens with one attached hydrogen (secondary N) is 1. The summed E-state index contributed by atoms with van der Waals surface area (Å²) in [6.07, 6.45) is 5.15. The van der Waals surface area contributed by atoms with E-state index >= 15 is 0 Å². The summed E-state index contributed by atoms with van der Waals surface area (Å²) >= 11 is 0. The van der Waals surface area contributed by atoms with E-state index in [1.807, 2.05) is 71.3 Å². The van der Waals surface area contributed by atoms with Gasteiger partial charge in [-0.25, -0.2) is 9.67 Å². The molecule has 3 heterocycles. The normalized spacial score (nSPS) is 10.7. The number of fused-ring (bicyclic) bond motifs is 1. The number of para-hydroxylation sites is 1. The highest BCUT2D eigenvalue weighted by molar-refractivity contribution is 6.05. The molecule has 0 radical (unpaired) electrons. The van der Waals surface area contributed by atoms with Crippen molar-refractivity contribution >= 4 is 17.4 Å². The van der Waals surface area contributed by atoms with E-state index in [1.165, 1.54) is 10.9 Å². The Morgan fingerprint density at radius 2 is 1.74 bits per heavy atom. The lowest BCUT2D eigenvalue weighted by atomic mass is 10.2. The lowest BCUT2D eigenvalue weighted by Gasteiger charge is -2.09. The molecule has 7 heteroatoms. The van der Waals surface area contributed by atoms with Crippen LogP contribution in [0.5, 0.6) is 0 Å². The second kappa shape index (κ2) is 7.61. The molecule has 0 bridgehead atoms. The number of nitriles is 1. The molecule has 31 heavy (non-hydrogen) atoms. The largest absolute Gasteiger partial charge is 0.306 e. The summed E-state index contributed by atoms with van der Waals surface area (Å²) < 4.78 is 3.41. The Hall–Kier alpha value is -4.70. The number of rotatable bonds is 4. The van der Waals surface area contributed by atoms with Gasteiger partial charge >= 0.3 is 0 Å². The molecule has 0 aliphatic heterocycles. The third-order valence-electron chi connectivity index (χ3n) is 4.91. The molecular formula is C24H16N6O. The van der Waals surface area contributed by atoms with E-state index in [0.29, 0.717) is 17.0 Å². The van der Waals surface area contributed by atoms with E-state index in [2.05, 4.69) is 21.5 Å². The maximum atomic E-state index is 13.0. The van der Waals surface area contributed by atoms with E-state index in [9.17, 15) is 10.1 Å². The zero-order valence-electron chi connectivity index (χ0n) is 16.3. The van der Waals surface area contributed by atoms with Crippen molar-refractivity contribution in [2.24, 2.45) is 0 Å². The maximum Gasteiger partial charge on any atom is 0.257 e. The van der Waals surface area contributed by atoms with E-state index in [1.54, 1.807) is 18.3 Å². The van der Waals surface area contributed by atoms with Crippen LogP contribution >= 0.6 is 0 Å². The van der Waals surface area contributed by atoms with Crippen molar-refractivity contribution in [3.05, 3.63) is 103 Å². The van der Waals surface area contributed by atoms with Gasteiger partial charge in [-0.3, -0.25) is 4.79 Å². The van der Waals surface area contributed by atoms with Crippen LogP contribution < -0.4 is 5.32 Å². The van der Waals surface area contributed by atoms with Crippen molar-refractivity contribution in [3.63, 3.8) is 0 Å². The number of carbonyl (C=O) groups excluding carboxylic acids is 1. The third kappa shape index (κ3) is 3.43. The van der Waals surface area contributed by atoms with Crippen LogP contribution in [-0.4, -0.2) is 25.1 Å². The second-order valence-corrected chi connectivity index (χ2v) is 6.89. The minimum atomic E-state index is -0.346. The topological polar surface area (TPSA) is 88.0 Å². The second-order valence-electron chi connectivity index (χ2n) is 6.89. The molecule has 0 atom stereocenters. The number of amides is 1. The molecule has 0 spiro atoms. The molecule has 0 unspecified atom stereocenters. The third-order valence-corrected chi connectivity index (χ3v) is 4.91. The fourth-order valence-corrected chi connectivity index (χ4v) is 3.37. The number of anilines is 1. The number of carbonyl (C=O) groups is 1. The highest BCUT2D eigenvalue weighted by atomic mass is 16.1. The molecule has 0 aliphatic carbocycles. The van der Waals surface area contributed by atoms with Crippen LogP contribution in [0.3, 0.4) is 0 Å². The minimum Gasteiger partial charge on any atom is -0.306 e. The van der Waals surface area contributed by atoms with Gasteiger partial charge in [0.25, 0.3) is 5.91 Å². The number of hydrogen-bond donors (Lipinski definition) is 1. The Bertz CT molecular complexity index is 1430. The lowest BCUT2D eigenvalue weighted by Crippen LogP contribution is -2.16. The van der Waals surface area contributed by atoms with E-state index in [0.717, 1.165) is 16.9 Å². The first-order valence-electron chi connectivity index (χ1n) is 9.62. The highest BCUT2D eigenvalue weighted by Gasteiger charge is 2.17. The van der Waals surface area contributed by atoms with E-state index < -0.39 is 0 Å². The number of nitrogens with zero attached hydrogens (tertiary/aromatic N) is 5. The van der Waals surface area contributed by atoms with Crippen molar-refractivity contribution in [3.8, 4) is 23.0 Å². The van der Waals surface area contributed by atoms with Gasteiger partial charge in [-0.2, -0.15) is 10.4 Å². The summed E-state index contributed by atoms with van der Waals surface area (Å²) in [5.41, 5.74) is 3.95. The predicted molar refractivity (Wildman–Crippen MR) is 117 cm³/mol. The van der Waals surface area contributed by atoms with Crippen molar-refractivity contribution in [2.45, 2.75) is 0 Å². The molecule has 1 N–H and O–H groups in total. The number of aromatic nitrogens is 4. The first kappa shape index (κ1) is 18.3. The molecule has 5 rings (SSSR count). The zero-order valence-corrected chi connectivity index (χ0v) is 16.3. The van der Waals surface area contributed by atoms with Crippen LogP contribution in [0, 0.1) is 11.3 Å². The van der Waals surface area contributed by atoms with Crippen LogP contribution in [0.1, 0.15) is 15.9 Å². The van der Waals surface area contributed by atoms with Gasteiger partial charge in [0.2, 0.25) is 0 Å². The standard InChI is InChI=1S/C24H16N6O/c25-14-19-15-26-30(20-9-5-2-6-10-20)23(19)28-24(31)18-11-12-29-16-21(27-22(29)13-18)17-7-3-1-4-8-17/h1-13,15-16H,(H,28,31). The zero-order chi connectivity index (χ0) is 21.2. The lowest BCUT2D eigenvalue weighted by molar-refractivity contribution is 0.102. The number of hydrogen-bond acceptors (Lipinski definition) is 4. The Kier molecular flexibility index (Phi) is 4.50. The van der Waals surface area contributed by atoms with E-state index in [4.69, 9.17) is 0 Å². The number of benzene rings is 2. The average Bonchev–Trinajstić information content (AvgIpc) is 3.43. The van der Waals surface area contributed by atoms with Gasteiger partial charge in [0.1, 0.15) is 17.3 Å². The molecule has 5 aromatic rings. The van der Waals surface area contributed by atoms with Gasteiger partial charge in [0, 0.05) is 23.5 Å². The Morgan fingerprint density at radius 3 is 2.48 bits per heavy atom. The number of pyridine rings is 1. The van der Waals surface area contributed by atoms with Gasteiger partial charge in [-0.05, 0) is 24.3 Å². The molecule has 3 aromatic heterocycles. The Labute approximate surface area is 177 Å². The molecule has 0 saturated carbocycles. The summed E-state index contributed by atoms with van der Waals surface area (Å²) in [6, 6.07) is 24.7. The van der Waals surface area contributed by atoms with Crippen molar-refractivity contribution < 1.29 is 4.79 Å². The summed E-state index contributed by atoms with van der Waals surface area (Å²) in [5.74, 6) is -0.0205. The Balaban J connectivity index is 1.48. The van der Waals surface area contributed by atoms with Gasteiger partial charge < -0.3 is 9.72 Å². The smallest absolute Gasteiger partial charge is 0.257 e. The molecule has 7 nitrogen and oxygen atoms in total. The predicted octanol–water partition coefficient (Wildman–Crippen LogP) is 4.31. The molecular weight excluding hydrogens is 388 g/mol. The average molecular weight is 404 g/mol. The van der Waals surface area contributed by atoms with Gasteiger partial charge in [0.05, 0.1) is 17.6 Å². The van der Waals surface area contributed by atoms with Gasteiger partial charge in [-0.1, -0.05) is 48.5 Å². The van der Waals surface area contributed by atoms with Crippen molar-refractivity contribution in [2.75, 3.05) is 5.32 Å². The number of imidazole rings is 1. The van der Waals surface area contributed by atoms with Crippen LogP contribution in [0.25, 0.3) is 22.6 Å². The SMILES string of the molecule is N#Cc1cnn(-c2ccccc2)c1NC(=O)c1ccn2cc(-c3ccccc3)nc2c1. The van der Waals surface area contributed by atoms with Crippen molar-refractivity contribution in [1.29, 1.82) is 5.26 Å². The van der Waals surface area contributed by atoms with Crippen LogP contribution in [0.2, 0.25) is 0 Å². The van der Waals surface area contributed by atoms with Crippen molar-refractivity contribution in [1.82, 2.24) is 19.2 Å². The first-order chi connectivity index (χ1) is 15.2. The quantitative estimate of drug-likeness (QED) is 0.483. The van der Waals surface area contributed by atoms with E-state index in [-0.39, 0.29) is 11.5 Å². The summed E-state index contributed by atoms with van der Waals surface area (Å²) in [5, 5.41) is 16.5. The summed E-state index contributed by atoms with van der Waals surface area (Å²) in [6.45, 7) is 0. The van der Waals surface area contributed by atoms with Gasteiger partial charge in [0.15, 0.2) is 5.82 Å². The Morgan fingerprint density at radius 1 is 1.00 bits per heavy atom. The molecule has 1 amide bonds. The fraction of sp³-hybridized carbons (Fsp3) is 0. The molecule has 148 valence electrons. The van der Waals surface area contributed by atoms with Crippen LogP contribution in [0.4, 0.5) is 5.82 Å². The van der Waals surface area contributed by atoms with Gasteiger partial charge in [-0.15, -0.1) is 0 Å². The highest BCUT2D eigenvalue weighted by Crippen LogP contribution is 2.22. The summed E-state index contributed by atoms with van der Waals surface area (Å²) in [7, 11) is 0. The van der Waals surface area contributed by atoms with Crippen LogP contribution in [0.15, 0.2) is 91.4 Å². The fourth-order valence-electron chi connectivity index (χ4n) is 3.37. The molecule has 2 aromatic carbocycles. The summed E-state index contributed by atoms with van der Waals surface area (Å²) in [4.78, 5) is 17.6.